The van der Waals surface area contributed by atoms with Gasteiger partial charge in [0.2, 0.25) is 0 Å². The second-order valence-electron chi connectivity index (χ2n) is 4.74. The summed E-state index contributed by atoms with van der Waals surface area (Å²) in [5.74, 6) is -1.86. The van der Waals surface area contributed by atoms with Crippen molar-refractivity contribution in [1.82, 2.24) is 4.90 Å². The number of alkyl halides is 3. The number of anilines is 1. The third-order valence-corrected chi connectivity index (χ3v) is 3.65. The van der Waals surface area contributed by atoms with E-state index in [1.54, 1.807) is 6.07 Å². The zero-order valence-electron chi connectivity index (χ0n) is 10.6. The van der Waals surface area contributed by atoms with Gasteiger partial charge in [-0.3, -0.25) is 0 Å². The van der Waals surface area contributed by atoms with Crippen LogP contribution in [0.4, 0.5) is 23.2 Å². The molecule has 0 aromatic heterocycles. The lowest BCUT2D eigenvalue weighted by Crippen LogP contribution is -2.46. The maximum atomic E-state index is 13.5. The highest BCUT2D eigenvalue weighted by Gasteiger charge is 2.42. The summed E-state index contributed by atoms with van der Waals surface area (Å²) in [5.41, 5.74) is 0.173. The third kappa shape index (κ3) is 3.59. The fourth-order valence-corrected chi connectivity index (χ4v) is 2.46. The van der Waals surface area contributed by atoms with Crippen LogP contribution in [0.3, 0.4) is 0 Å². The van der Waals surface area contributed by atoms with E-state index in [1.807, 2.05) is 0 Å². The van der Waals surface area contributed by atoms with E-state index in [0.29, 0.717) is 13.0 Å². The van der Waals surface area contributed by atoms with E-state index in [2.05, 4.69) is 5.32 Å². The molecule has 110 valence electrons. The lowest BCUT2D eigenvalue weighted by Gasteiger charge is -2.35. The van der Waals surface area contributed by atoms with Crippen molar-refractivity contribution in [2.45, 2.75) is 19.0 Å². The van der Waals surface area contributed by atoms with Crippen LogP contribution in [0.1, 0.15) is 12.8 Å². The van der Waals surface area contributed by atoms with E-state index < -0.39 is 17.9 Å². The lowest BCUT2D eigenvalue weighted by atomic mass is 9.98. The van der Waals surface area contributed by atoms with Crippen molar-refractivity contribution in [3.8, 4) is 0 Å². The van der Waals surface area contributed by atoms with Gasteiger partial charge in [0.15, 0.2) is 5.11 Å². The number of hydrogen-bond donors (Lipinski definition) is 1. The summed E-state index contributed by atoms with van der Waals surface area (Å²) in [4.78, 5) is 1.45. The first-order chi connectivity index (χ1) is 9.38. The summed E-state index contributed by atoms with van der Waals surface area (Å²) in [7, 11) is 0. The molecule has 0 aliphatic carbocycles. The third-order valence-electron chi connectivity index (χ3n) is 3.29. The van der Waals surface area contributed by atoms with Crippen molar-refractivity contribution in [3.05, 3.63) is 30.1 Å². The number of halogens is 4. The Morgan fingerprint density at radius 2 is 2.00 bits per heavy atom. The van der Waals surface area contributed by atoms with Gasteiger partial charge in [0, 0.05) is 13.1 Å². The molecule has 20 heavy (non-hydrogen) atoms. The number of hydrogen-bond acceptors (Lipinski definition) is 1. The monoisotopic (exact) mass is 306 g/mol. The predicted molar refractivity (Wildman–Crippen MR) is 73.0 cm³/mol. The average molecular weight is 306 g/mol. The molecule has 1 aliphatic rings. The Morgan fingerprint density at radius 3 is 2.65 bits per heavy atom. The first-order valence-corrected chi connectivity index (χ1v) is 6.66. The molecule has 1 atom stereocenters. The summed E-state index contributed by atoms with van der Waals surface area (Å²) in [5, 5.41) is 2.80. The average Bonchev–Trinajstić information content (AvgIpc) is 2.40. The van der Waals surface area contributed by atoms with Crippen molar-refractivity contribution >= 4 is 23.0 Å². The van der Waals surface area contributed by atoms with Crippen molar-refractivity contribution in [2.75, 3.05) is 18.4 Å². The first-order valence-electron chi connectivity index (χ1n) is 6.25. The number of piperidine rings is 1. The van der Waals surface area contributed by atoms with Gasteiger partial charge in [-0.25, -0.2) is 4.39 Å². The molecule has 1 aliphatic heterocycles. The Bertz CT molecular complexity index is 490. The minimum absolute atomic E-state index is 0.113. The van der Waals surface area contributed by atoms with Gasteiger partial charge in [-0.05, 0) is 37.2 Å². The maximum absolute atomic E-state index is 13.5. The van der Waals surface area contributed by atoms with E-state index in [9.17, 15) is 17.6 Å². The Kier molecular flexibility index (Phi) is 4.47. The summed E-state index contributed by atoms with van der Waals surface area (Å²) in [6.07, 6.45) is -3.68. The van der Waals surface area contributed by atoms with Crippen LogP contribution < -0.4 is 5.32 Å². The Hall–Kier alpha value is -1.37. The van der Waals surface area contributed by atoms with Gasteiger partial charge in [-0.15, -0.1) is 0 Å². The van der Waals surface area contributed by atoms with E-state index in [1.165, 1.54) is 23.1 Å². The van der Waals surface area contributed by atoms with Crippen LogP contribution in [0, 0.1) is 11.7 Å². The second-order valence-corrected chi connectivity index (χ2v) is 5.12. The van der Waals surface area contributed by atoms with Gasteiger partial charge < -0.3 is 10.2 Å². The number of para-hydroxylation sites is 1. The van der Waals surface area contributed by atoms with Crippen molar-refractivity contribution < 1.29 is 17.6 Å². The summed E-state index contributed by atoms with van der Waals surface area (Å²) >= 11 is 5.07. The molecule has 0 amide bonds. The molecule has 2 rings (SSSR count). The Balaban J connectivity index is 2.01. The summed E-state index contributed by atoms with van der Waals surface area (Å²) in [6, 6.07) is 5.92. The Morgan fingerprint density at radius 1 is 1.30 bits per heavy atom. The van der Waals surface area contributed by atoms with E-state index in [-0.39, 0.29) is 23.8 Å². The van der Waals surface area contributed by atoms with Gasteiger partial charge in [0.05, 0.1) is 11.6 Å². The van der Waals surface area contributed by atoms with Crippen molar-refractivity contribution in [2.24, 2.45) is 5.92 Å². The highest BCUT2D eigenvalue weighted by Crippen LogP contribution is 2.33. The molecule has 1 aromatic rings. The molecule has 1 aromatic carbocycles. The first kappa shape index (κ1) is 15.0. The minimum atomic E-state index is -4.22. The van der Waals surface area contributed by atoms with Gasteiger partial charge >= 0.3 is 6.18 Å². The highest BCUT2D eigenvalue weighted by atomic mass is 32.1. The molecule has 0 bridgehead atoms. The quantitative estimate of drug-likeness (QED) is 0.627. The SMILES string of the molecule is Fc1ccccc1NC(=S)N1CCC[C@H](C(F)(F)F)C1. The number of thiocarbonyl (C=S) groups is 1. The van der Waals surface area contributed by atoms with Gasteiger partial charge in [0.1, 0.15) is 5.82 Å². The van der Waals surface area contributed by atoms with Crippen LogP contribution in [0.5, 0.6) is 0 Å². The topological polar surface area (TPSA) is 15.3 Å². The molecule has 2 nitrogen and oxygen atoms in total. The van der Waals surface area contributed by atoms with Gasteiger partial charge in [-0.1, -0.05) is 12.1 Å². The molecule has 0 saturated carbocycles. The number of nitrogens with zero attached hydrogens (tertiary/aromatic N) is 1. The van der Waals surface area contributed by atoms with Crippen molar-refractivity contribution in [1.29, 1.82) is 0 Å². The number of nitrogens with one attached hydrogen (secondary N) is 1. The highest BCUT2D eigenvalue weighted by molar-refractivity contribution is 7.80. The molecule has 1 heterocycles. The summed E-state index contributed by atoms with van der Waals surface area (Å²) in [6.45, 7) is 0.274. The fourth-order valence-electron chi connectivity index (χ4n) is 2.19. The normalized spacial score (nSPS) is 19.8. The summed E-state index contributed by atoms with van der Waals surface area (Å²) < 4.78 is 51.6. The lowest BCUT2D eigenvalue weighted by molar-refractivity contribution is -0.183. The standard InChI is InChI=1S/C13H14F4N2S/c14-10-5-1-2-6-11(10)18-12(20)19-7-3-4-9(8-19)13(15,16)17/h1-2,5-6,9H,3-4,7-8H2,(H,18,20)/t9-/m0/s1. The van der Waals surface area contributed by atoms with Gasteiger partial charge in [-0.2, -0.15) is 13.2 Å². The largest absolute Gasteiger partial charge is 0.393 e. The van der Waals surface area contributed by atoms with Crippen LogP contribution in [-0.2, 0) is 0 Å². The molecule has 0 radical (unpaired) electrons. The molecular weight excluding hydrogens is 292 g/mol. The molecule has 7 heteroatoms. The van der Waals surface area contributed by atoms with E-state index in [4.69, 9.17) is 12.2 Å². The Labute approximate surface area is 119 Å². The van der Waals surface area contributed by atoms with Crippen LogP contribution >= 0.6 is 12.2 Å². The maximum Gasteiger partial charge on any atom is 0.393 e. The second kappa shape index (κ2) is 5.95. The van der Waals surface area contributed by atoms with E-state index >= 15 is 0 Å². The van der Waals surface area contributed by atoms with Crippen molar-refractivity contribution in [3.63, 3.8) is 0 Å². The zero-order valence-corrected chi connectivity index (χ0v) is 11.4. The smallest absolute Gasteiger partial charge is 0.348 e. The predicted octanol–water partition coefficient (Wildman–Crippen LogP) is 3.80. The zero-order chi connectivity index (χ0) is 14.8. The molecule has 1 N–H and O–H groups in total. The van der Waals surface area contributed by atoms with Crippen LogP contribution in [-0.4, -0.2) is 29.3 Å². The molecule has 1 saturated heterocycles. The minimum Gasteiger partial charge on any atom is -0.348 e. The molecule has 0 spiro atoms. The van der Waals surface area contributed by atoms with Crippen LogP contribution in [0.15, 0.2) is 24.3 Å². The fraction of sp³-hybridized carbons (Fsp3) is 0.462. The molecule has 1 fully saturated rings. The molecule has 0 unspecified atom stereocenters. The number of benzene rings is 1. The van der Waals surface area contributed by atoms with Gasteiger partial charge in [0.25, 0.3) is 0 Å². The molecular formula is C13H14F4N2S. The number of likely N-dealkylation sites (tertiary alicyclic amines) is 1. The van der Waals surface area contributed by atoms with Crippen LogP contribution in [0.2, 0.25) is 0 Å². The van der Waals surface area contributed by atoms with Crippen LogP contribution in [0.25, 0.3) is 0 Å². The van der Waals surface area contributed by atoms with E-state index in [0.717, 1.165) is 0 Å². The number of rotatable bonds is 1.